The van der Waals surface area contributed by atoms with Gasteiger partial charge >= 0.3 is 0 Å². The van der Waals surface area contributed by atoms with Crippen LogP contribution in [0.15, 0.2) is 18.2 Å². The Bertz CT molecular complexity index is 569. The Morgan fingerprint density at radius 2 is 2.05 bits per heavy atom. The monoisotopic (exact) mass is 291 g/mol. The molecule has 1 amide bonds. The minimum atomic E-state index is -0.631. The largest absolute Gasteiger partial charge is 0.393 e. The molecule has 0 heterocycles. The minimum Gasteiger partial charge on any atom is -0.393 e. The fourth-order valence-electron chi connectivity index (χ4n) is 2.40. The van der Waals surface area contributed by atoms with Crippen molar-refractivity contribution in [3.8, 4) is 11.8 Å². The van der Waals surface area contributed by atoms with Crippen LogP contribution in [0.4, 0.5) is 4.39 Å². The van der Waals surface area contributed by atoms with E-state index in [0.717, 1.165) is 0 Å². The molecule has 5 heteroatoms. The summed E-state index contributed by atoms with van der Waals surface area (Å²) in [6.07, 6.45) is 2.43. The van der Waals surface area contributed by atoms with Gasteiger partial charge < -0.3 is 15.5 Å². The molecule has 21 heavy (non-hydrogen) atoms. The van der Waals surface area contributed by atoms with Crippen LogP contribution >= 0.6 is 0 Å². The van der Waals surface area contributed by atoms with E-state index in [2.05, 4.69) is 17.2 Å². The summed E-state index contributed by atoms with van der Waals surface area (Å²) in [4.78, 5) is 12.1. The van der Waals surface area contributed by atoms with Crippen LogP contribution in [0.5, 0.6) is 0 Å². The van der Waals surface area contributed by atoms with Gasteiger partial charge in [0.2, 0.25) is 0 Å². The first-order valence-corrected chi connectivity index (χ1v) is 6.98. The normalized spacial score (nSPS) is 21.3. The summed E-state index contributed by atoms with van der Waals surface area (Å²) < 4.78 is 13.9. The molecule has 112 valence electrons. The fraction of sp³-hybridized carbons (Fsp3) is 0.438. The second-order valence-electron chi connectivity index (χ2n) is 5.13. The Morgan fingerprint density at radius 3 is 2.67 bits per heavy atom. The van der Waals surface area contributed by atoms with Gasteiger partial charge in [-0.1, -0.05) is 11.8 Å². The van der Waals surface area contributed by atoms with Gasteiger partial charge in [-0.2, -0.15) is 0 Å². The lowest BCUT2D eigenvalue weighted by molar-refractivity contribution is 0.0864. The van der Waals surface area contributed by atoms with E-state index in [1.165, 1.54) is 12.1 Å². The highest BCUT2D eigenvalue weighted by Gasteiger charge is 2.22. The zero-order valence-corrected chi connectivity index (χ0v) is 11.6. The summed E-state index contributed by atoms with van der Waals surface area (Å²) in [7, 11) is 0. The van der Waals surface area contributed by atoms with Gasteiger partial charge in [-0.25, -0.2) is 4.39 Å². The van der Waals surface area contributed by atoms with Gasteiger partial charge in [0.25, 0.3) is 5.91 Å². The summed E-state index contributed by atoms with van der Waals surface area (Å²) in [6.45, 7) is -0.294. The number of nitrogens with one attached hydrogen (secondary N) is 1. The number of hydrogen-bond acceptors (Lipinski definition) is 3. The molecule has 0 aliphatic heterocycles. The van der Waals surface area contributed by atoms with Crippen molar-refractivity contribution in [2.75, 3.05) is 6.61 Å². The molecule has 1 fully saturated rings. The molecular formula is C16H18FNO3. The maximum Gasteiger partial charge on any atom is 0.254 e. The van der Waals surface area contributed by atoms with E-state index in [4.69, 9.17) is 5.11 Å². The summed E-state index contributed by atoms with van der Waals surface area (Å²) in [6, 6.07) is 4.10. The zero-order valence-electron chi connectivity index (χ0n) is 11.6. The average molecular weight is 291 g/mol. The Morgan fingerprint density at radius 1 is 1.33 bits per heavy atom. The number of aliphatic hydroxyl groups excluding tert-OH is 2. The van der Waals surface area contributed by atoms with Crippen LogP contribution in [0.2, 0.25) is 0 Å². The predicted octanol–water partition coefficient (Wildman–Crippen LogP) is 1.20. The van der Waals surface area contributed by atoms with Gasteiger partial charge in [-0.15, -0.1) is 0 Å². The summed E-state index contributed by atoms with van der Waals surface area (Å²) in [5, 5.41) is 20.8. The number of carbonyl (C=O) groups is 1. The van der Waals surface area contributed by atoms with Gasteiger partial charge in [-0.05, 0) is 43.9 Å². The van der Waals surface area contributed by atoms with Crippen molar-refractivity contribution >= 4 is 5.91 Å². The number of rotatable bonds is 2. The van der Waals surface area contributed by atoms with Crippen LogP contribution < -0.4 is 5.32 Å². The molecule has 0 bridgehead atoms. The molecule has 1 aliphatic rings. The molecule has 1 aromatic carbocycles. The summed E-state index contributed by atoms with van der Waals surface area (Å²) >= 11 is 0. The van der Waals surface area contributed by atoms with E-state index in [1.807, 2.05) is 0 Å². The highest BCUT2D eigenvalue weighted by Crippen LogP contribution is 2.19. The third-order valence-corrected chi connectivity index (χ3v) is 3.56. The van der Waals surface area contributed by atoms with Crippen molar-refractivity contribution in [2.24, 2.45) is 0 Å². The molecular weight excluding hydrogens is 273 g/mol. The molecule has 1 aromatic rings. The quantitative estimate of drug-likeness (QED) is 0.717. The molecule has 0 saturated heterocycles. The average Bonchev–Trinajstić information content (AvgIpc) is 2.47. The molecule has 0 aromatic heterocycles. The molecule has 1 aliphatic carbocycles. The SMILES string of the molecule is O=C(NC1CCC(O)CC1)c1ccc(C#CCO)cc1F. The van der Waals surface area contributed by atoms with Crippen molar-refractivity contribution in [2.45, 2.75) is 37.8 Å². The summed E-state index contributed by atoms with van der Waals surface area (Å²) in [5.41, 5.74) is 0.398. The lowest BCUT2D eigenvalue weighted by Crippen LogP contribution is -2.38. The molecule has 1 saturated carbocycles. The highest BCUT2D eigenvalue weighted by atomic mass is 19.1. The standard InChI is InChI=1S/C16H18FNO3/c17-15-10-11(2-1-9-19)3-8-14(15)16(21)18-12-4-6-13(20)7-5-12/h3,8,10,12-13,19-20H,4-7,9H2,(H,18,21). The fourth-order valence-corrected chi connectivity index (χ4v) is 2.40. The second kappa shape index (κ2) is 7.21. The van der Waals surface area contributed by atoms with E-state index in [9.17, 15) is 14.3 Å². The van der Waals surface area contributed by atoms with Crippen LogP contribution in [0.25, 0.3) is 0 Å². The van der Waals surface area contributed by atoms with E-state index in [0.29, 0.717) is 31.2 Å². The molecule has 3 N–H and O–H groups in total. The maximum atomic E-state index is 13.9. The zero-order chi connectivity index (χ0) is 15.2. The van der Waals surface area contributed by atoms with Gasteiger partial charge in [0, 0.05) is 11.6 Å². The second-order valence-corrected chi connectivity index (χ2v) is 5.13. The van der Waals surface area contributed by atoms with Gasteiger partial charge in [-0.3, -0.25) is 4.79 Å². The smallest absolute Gasteiger partial charge is 0.254 e. The lowest BCUT2D eigenvalue weighted by atomic mass is 9.93. The molecule has 0 atom stereocenters. The first kappa shape index (κ1) is 15.5. The van der Waals surface area contributed by atoms with E-state index in [-0.39, 0.29) is 24.3 Å². The van der Waals surface area contributed by atoms with E-state index in [1.54, 1.807) is 6.07 Å². The third kappa shape index (κ3) is 4.28. The first-order valence-electron chi connectivity index (χ1n) is 6.98. The third-order valence-electron chi connectivity index (χ3n) is 3.56. The molecule has 4 nitrogen and oxygen atoms in total. The topological polar surface area (TPSA) is 69.6 Å². The van der Waals surface area contributed by atoms with Crippen LogP contribution in [0, 0.1) is 17.7 Å². The lowest BCUT2D eigenvalue weighted by Gasteiger charge is -2.26. The molecule has 2 rings (SSSR count). The number of halogens is 1. The van der Waals surface area contributed by atoms with E-state index < -0.39 is 11.7 Å². The van der Waals surface area contributed by atoms with Crippen LogP contribution in [0.1, 0.15) is 41.6 Å². The Kier molecular flexibility index (Phi) is 5.32. The number of benzene rings is 1. The highest BCUT2D eigenvalue weighted by molar-refractivity contribution is 5.94. The Hall–Kier alpha value is -1.90. The van der Waals surface area contributed by atoms with Crippen molar-refractivity contribution in [3.63, 3.8) is 0 Å². The minimum absolute atomic E-state index is 0.0179. The van der Waals surface area contributed by atoms with Crippen molar-refractivity contribution in [1.82, 2.24) is 5.32 Å². The van der Waals surface area contributed by atoms with Crippen LogP contribution in [0.3, 0.4) is 0 Å². The summed E-state index contributed by atoms with van der Waals surface area (Å²) in [5.74, 6) is 3.93. The number of amides is 1. The molecule has 0 unspecified atom stereocenters. The molecule has 0 radical (unpaired) electrons. The number of aliphatic hydroxyl groups is 2. The first-order chi connectivity index (χ1) is 10.1. The number of hydrogen-bond donors (Lipinski definition) is 3. The Labute approximate surface area is 123 Å². The maximum absolute atomic E-state index is 13.9. The van der Waals surface area contributed by atoms with Crippen molar-refractivity contribution in [3.05, 3.63) is 35.1 Å². The van der Waals surface area contributed by atoms with Crippen LogP contribution in [-0.4, -0.2) is 34.9 Å². The van der Waals surface area contributed by atoms with Crippen molar-refractivity contribution < 1.29 is 19.4 Å². The molecule has 0 spiro atoms. The predicted molar refractivity (Wildman–Crippen MR) is 76.1 cm³/mol. The number of carbonyl (C=O) groups excluding carboxylic acids is 1. The van der Waals surface area contributed by atoms with Gasteiger partial charge in [0.05, 0.1) is 11.7 Å². The van der Waals surface area contributed by atoms with Gasteiger partial charge in [0.1, 0.15) is 12.4 Å². The van der Waals surface area contributed by atoms with Gasteiger partial charge in [0.15, 0.2) is 0 Å². The van der Waals surface area contributed by atoms with Crippen molar-refractivity contribution in [1.29, 1.82) is 0 Å². The Balaban J connectivity index is 2.02. The van der Waals surface area contributed by atoms with E-state index >= 15 is 0 Å². The van der Waals surface area contributed by atoms with Crippen LogP contribution in [-0.2, 0) is 0 Å².